The maximum absolute atomic E-state index is 14.6. The van der Waals surface area contributed by atoms with Crippen LogP contribution in [0.2, 0.25) is 0 Å². The van der Waals surface area contributed by atoms with Crippen LogP contribution in [0.5, 0.6) is 0 Å². The molecule has 0 amide bonds. The van der Waals surface area contributed by atoms with Gasteiger partial charge in [0.2, 0.25) is 5.43 Å². The van der Waals surface area contributed by atoms with Gasteiger partial charge in [0.05, 0.1) is 5.39 Å². The Kier molecular flexibility index (Phi) is 3.54. The Morgan fingerprint density at radius 2 is 2.12 bits per heavy atom. The Hall–Kier alpha value is -2.48. The normalized spacial score (nSPS) is 23.4. The van der Waals surface area contributed by atoms with Crippen molar-refractivity contribution < 1.29 is 14.3 Å². The van der Waals surface area contributed by atoms with E-state index in [4.69, 9.17) is 5.73 Å². The summed E-state index contributed by atoms with van der Waals surface area (Å²) in [5.41, 5.74) is 5.30. The third-order valence-electron chi connectivity index (χ3n) is 5.08. The number of fused-ring (bicyclic) bond motifs is 1. The summed E-state index contributed by atoms with van der Waals surface area (Å²) in [5.74, 6) is -1.55. The summed E-state index contributed by atoms with van der Waals surface area (Å²) in [5, 5.41) is 9.26. The SMILES string of the molecule is CC1CN(c2nc3c(cc2F)c(=O)c(C(=O)O)cn3C2CC2)CC1N. The molecule has 8 heteroatoms. The summed E-state index contributed by atoms with van der Waals surface area (Å²) in [4.78, 5) is 30.0. The van der Waals surface area contributed by atoms with Gasteiger partial charge in [-0.15, -0.1) is 0 Å². The standard InChI is InChI=1S/C17H19FN4O3/c1-8-5-21(7-13(8)19)16-12(18)4-10-14(23)11(17(24)25)6-22(9-2-3-9)15(10)20-16/h4,6,8-9,13H,2-3,5,7,19H2,1H3,(H,24,25). The zero-order valence-corrected chi connectivity index (χ0v) is 13.8. The summed E-state index contributed by atoms with van der Waals surface area (Å²) in [6, 6.07) is 1.16. The summed E-state index contributed by atoms with van der Waals surface area (Å²) in [7, 11) is 0. The average Bonchev–Trinajstić information content (AvgIpc) is 3.33. The molecule has 2 aliphatic rings. The highest BCUT2D eigenvalue weighted by atomic mass is 19.1. The molecule has 1 saturated carbocycles. The van der Waals surface area contributed by atoms with Crippen LogP contribution >= 0.6 is 0 Å². The molecule has 132 valence electrons. The van der Waals surface area contributed by atoms with E-state index in [9.17, 15) is 19.1 Å². The first-order chi connectivity index (χ1) is 11.9. The lowest BCUT2D eigenvalue weighted by Crippen LogP contribution is -2.29. The first kappa shape index (κ1) is 16.0. The fourth-order valence-electron chi connectivity index (χ4n) is 3.41. The van der Waals surface area contributed by atoms with E-state index in [1.165, 1.54) is 6.20 Å². The molecular formula is C17H19FN4O3. The van der Waals surface area contributed by atoms with E-state index in [-0.39, 0.29) is 34.8 Å². The number of aromatic nitrogens is 2. The molecule has 2 aromatic heterocycles. The first-order valence-corrected chi connectivity index (χ1v) is 8.36. The Bertz CT molecular complexity index is 928. The quantitative estimate of drug-likeness (QED) is 0.870. The Morgan fingerprint density at radius 3 is 2.68 bits per heavy atom. The smallest absolute Gasteiger partial charge is 0.341 e. The molecule has 2 atom stereocenters. The molecular weight excluding hydrogens is 327 g/mol. The van der Waals surface area contributed by atoms with Crippen molar-refractivity contribution in [1.29, 1.82) is 0 Å². The molecule has 0 radical (unpaired) electrons. The van der Waals surface area contributed by atoms with Crippen LogP contribution in [0, 0.1) is 11.7 Å². The number of hydrogen-bond acceptors (Lipinski definition) is 5. The molecule has 2 aromatic rings. The van der Waals surface area contributed by atoms with Gasteiger partial charge in [-0.2, -0.15) is 0 Å². The zero-order valence-electron chi connectivity index (χ0n) is 13.8. The molecule has 2 fully saturated rings. The van der Waals surface area contributed by atoms with Gasteiger partial charge in [-0.25, -0.2) is 14.2 Å². The van der Waals surface area contributed by atoms with E-state index < -0.39 is 17.2 Å². The van der Waals surface area contributed by atoms with Gasteiger partial charge in [0.15, 0.2) is 11.6 Å². The highest BCUT2D eigenvalue weighted by Crippen LogP contribution is 2.37. The number of rotatable bonds is 3. The zero-order chi connectivity index (χ0) is 17.9. The Balaban J connectivity index is 1.93. The molecule has 1 aliphatic carbocycles. The van der Waals surface area contributed by atoms with Crippen molar-refractivity contribution >= 4 is 22.8 Å². The minimum atomic E-state index is -1.31. The van der Waals surface area contributed by atoms with Gasteiger partial charge < -0.3 is 20.3 Å². The van der Waals surface area contributed by atoms with Crippen molar-refractivity contribution in [1.82, 2.24) is 9.55 Å². The van der Waals surface area contributed by atoms with Crippen LogP contribution in [0.1, 0.15) is 36.2 Å². The Morgan fingerprint density at radius 1 is 1.40 bits per heavy atom. The maximum atomic E-state index is 14.6. The van der Waals surface area contributed by atoms with Crippen molar-refractivity contribution in [3.63, 3.8) is 0 Å². The Labute approximate surface area is 142 Å². The first-order valence-electron chi connectivity index (χ1n) is 8.36. The van der Waals surface area contributed by atoms with Gasteiger partial charge in [-0.3, -0.25) is 4.79 Å². The van der Waals surface area contributed by atoms with Crippen LogP contribution in [0.3, 0.4) is 0 Å². The van der Waals surface area contributed by atoms with E-state index in [1.54, 1.807) is 9.47 Å². The summed E-state index contributed by atoms with van der Waals surface area (Å²) >= 11 is 0. The molecule has 7 nitrogen and oxygen atoms in total. The number of pyridine rings is 2. The molecule has 3 N–H and O–H groups in total. The van der Waals surface area contributed by atoms with Gasteiger partial charge in [0, 0.05) is 31.4 Å². The van der Waals surface area contributed by atoms with E-state index in [0.29, 0.717) is 18.7 Å². The van der Waals surface area contributed by atoms with Crippen molar-refractivity contribution in [2.75, 3.05) is 18.0 Å². The summed E-state index contributed by atoms with van der Waals surface area (Å²) < 4.78 is 16.3. The molecule has 25 heavy (non-hydrogen) atoms. The van der Waals surface area contributed by atoms with Gasteiger partial charge in [0.25, 0.3) is 0 Å². The van der Waals surface area contributed by atoms with Crippen LogP contribution in [0.25, 0.3) is 11.0 Å². The third kappa shape index (κ3) is 2.57. The lowest BCUT2D eigenvalue weighted by Gasteiger charge is -2.19. The number of nitrogens with zero attached hydrogens (tertiary/aromatic N) is 3. The number of carboxylic acids is 1. The molecule has 3 heterocycles. The van der Waals surface area contributed by atoms with Crippen LogP contribution in [-0.2, 0) is 0 Å². The largest absolute Gasteiger partial charge is 0.477 e. The van der Waals surface area contributed by atoms with E-state index in [2.05, 4.69) is 4.98 Å². The number of aromatic carboxylic acids is 1. The highest BCUT2D eigenvalue weighted by molar-refractivity contribution is 5.92. The van der Waals surface area contributed by atoms with Crippen molar-refractivity contribution in [2.45, 2.75) is 31.8 Å². The monoisotopic (exact) mass is 346 g/mol. The second-order valence-electron chi connectivity index (χ2n) is 7.03. The molecule has 0 spiro atoms. The van der Waals surface area contributed by atoms with E-state index >= 15 is 0 Å². The van der Waals surface area contributed by atoms with Crippen molar-refractivity contribution in [3.05, 3.63) is 33.9 Å². The predicted octanol–water partition coefficient (Wildman–Crippen LogP) is 1.35. The average molecular weight is 346 g/mol. The maximum Gasteiger partial charge on any atom is 0.341 e. The topological polar surface area (TPSA) is 101 Å². The van der Waals surface area contributed by atoms with Gasteiger partial charge in [0.1, 0.15) is 11.2 Å². The van der Waals surface area contributed by atoms with Crippen molar-refractivity contribution in [3.8, 4) is 0 Å². The molecule has 1 aliphatic heterocycles. The van der Waals surface area contributed by atoms with E-state index in [1.807, 2.05) is 6.92 Å². The number of carboxylic acid groups (broad SMARTS) is 1. The predicted molar refractivity (Wildman–Crippen MR) is 90.5 cm³/mol. The van der Waals surface area contributed by atoms with Gasteiger partial charge >= 0.3 is 5.97 Å². The summed E-state index contributed by atoms with van der Waals surface area (Å²) in [6.45, 7) is 3.10. The van der Waals surface area contributed by atoms with Crippen LogP contribution in [-0.4, -0.2) is 39.8 Å². The van der Waals surface area contributed by atoms with Crippen LogP contribution in [0.4, 0.5) is 10.2 Å². The highest BCUT2D eigenvalue weighted by Gasteiger charge is 2.32. The van der Waals surface area contributed by atoms with Gasteiger partial charge in [-0.05, 0) is 24.8 Å². The number of halogens is 1. The van der Waals surface area contributed by atoms with Crippen LogP contribution in [0.15, 0.2) is 17.1 Å². The number of carbonyl (C=O) groups is 1. The molecule has 2 unspecified atom stereocenters. The molecule has 0 bridgehead atoms. The fourth-order valence-corrected chi connectivity index (χ4v) is 3.41. The van der Waals surface area contributed by atoms with Crippen LogP contribution < -0.4 is 16.1 Å². The number of hydrogen-bond donors (Lipinski definition) is 2. The number of nitrogens with two attached hydrogens (primary N) is 1. The number of anilines is 1. The van der Waals surface area contributed by atoms with Crippen molar-refractivity contribution in [2.24, 2.45) is 11.7 Å². The second-order valence-corrected chi connectivity index (χ2v) is 7.03. The van der Waals surface area contributed by atoms with Gasteiger partial charge in [-0.1, -0.05) is 6.92 Å². The lowest BCUT2D eigenvalue weighted by atomic mass is 10.1. The molecule has 4 rings (SSSR count). The fraction of sp³-hybridized carbons (Fsp3) is 0.471. The minimum Gasteiger partial charge on any atom is -0.477 e. The molecule has 0 aromatic carbocycles. The second kappa shape index (κ2) is 5.52. The van der Waals surface area contributed by atoms with E-state index in [0.717, 1.165) is 18.9 Å². The summed E-state index contributed by atoms with van der Waals surface area (Å²) in [6.07, 6.45) is 3.10. The minimum absolute atomic E-state index is 0.00425. The molecule has 1 saturated heterocycles. The third-order valence-corrected chi connectivity index (χ3v) is 5.08. The lowest BCUT2D eigenvalue weighted by molar-refractivity contribution is 0.0695.